The molecule has 0 saturated carbocycles. The van der Waals surface area contributed by atoms with Gasteiger partial charge >= 0.3 is 0 Å². The molecule has 0 unspecified atom stereocenters. The second-order valence-electron chi connectivity index (χ2n) is 8.66. The molecular formula is C31H23BrN4S. The van der Waals surface area contributed by atoms with Crippen molar-refractivity contribution in [3.05, 3.63) is 149 Å². The minimum Gasteiger partial charge on any atom is -0.144 e. The molecular weight excluding hydrogens is 540 g/mol. The zero-order chi connectivity index (χ0) is 25.1. The zero-order valence-corrected chi connectivity index (χ0v) is 22.3. The Bertz CT molecular complexity index is 1510. The number of aromatic nitrogens is 4. The van der Waals surface area contributed by atoms with Crippen LogP contribution in [-0.4, -0.2) is 20.2 Å². The van der Waals surface area contributed by atoms with Crippen LogP contribution in [0, 0.1) is 0 Å². The minimum atomic E-state index is -0.796. The third-order valence-electron chi connectivity index (χ3n) is 6.52. The van der Waals surface area contributed by atoms with E-state index in [1.807, 2.05) is 24.3 Å². The van der Waals surface area contributed by atoms with E-state index >= 15 is 0 Å². The van der Waals surface area contributed by atoms with Gasteiger partial charge in [0.25, 0.3) is 0 Å². The highest BCUT2D eigenvalue weighted by atomic mass is 79.9. The third kappa shape index (κ3) is 4.22. The zero-order valence-electron chi connectivity index (χ0n) is 19.9. The normalized spacial score (nSPS) is 11.5. The van der Waals surface area contributed by atoms with Crippen molar-refractivity contribution < 1.29 is 0 Å². The molecule has 2 aromatic heterocycles. The SMILES string of the molecule is BrCc1ccc(-c2ccccc2-c2nnn(C(c3ccccc3)(c3ccccc3)c3ccccc3)n2)s1. The molecule has 0 aliphatic rings. The maximum atomic E-state index is 5.09. The molecule has 2 heterocycles. The lowest BCUT2D eigenvalue weighted by atomic mass is 9.77. The van der Waals surface area contributed by atoms with Gasteiger partial charge in [-0.3, -0.25) is 0 Å². The molecule has 6 heteroatoms. The van der Waals surface area contributed by atoms with Gasteiger partial charge in [-0.2, -0.15) is 0 Å². The predicted octanol–water partition coefficient (Wildman–Crippen LogP) is 7.80. The molecule has 180 valence electrons. The number of thiophene rings is 1. The van der Waals surface area contributed by atoms with E-state index in [1.54, 1.807) is 16.1 Å². The van der Waals surface area contributed by atoms with E-state index < -0.39 is 5.54 Å². The van der Waals surface area contributed by atoms with Gasteiger partial charge in [-0.1, -0.05) is 131 Å². The van der Waals surface area contributed by atoms with Crippen LogP contribution in [0.2, 0.25) is 0 Å². The molecule has 0 radical (unpaired) electrons. The number of hydrogen-bond acceptors (Lipinski definition) is 4. The second-order valence-corrected chi connectivity index (χ2v) is 10.4. The highest BCUT2D eigenvalue weighted by Crippen LogP contribution is 2.41. The largest absolute Gasteiger partial charge is 0.205 e. The molecule has 6 aromatic rings. The second kappa shape index (κ2) is 10.2. The molecule has 0 N–H and O–H groups in total. The Labute approximate surface area is 228 Å². The highest BCUT2D eigenvalue weighted by Gasteiger charge is 2.41. The fourth-order valence-electron chi connectivity index (χ4n) is 4.84. The van der Waals surface area contributed by atoms with Crippen molar-refractivity contribution in [3.63, 3.8) is 0 Å². The number of benzene rings is 4. The minimum absolute atomic E-state index is 0.594. The number of rotatable bonds is 7. The van der Waals surface area contributed by atoms with E-state index in [1.165, 1.54) is 9.75 Å². The summed E-state index contributed by atoms with van der Waals surface area (Å²) in [6.07, 6.45) is 0. The van der Waals surface area contributed by atoms with E-state index in [0.717, 1.165) is 33.1 Å². The van der Waals surface area contributed by atoms with Gasteiger partial charge in [-0.05, 0) is 34.0 Å². The maximum absolute atomic E-state index is 5.09. The number of nitrogens with zero attached hydrogens (tertiary/aromatic N) is 4. The molecule has 0 aliphatic heterocycles. The van der Waals surface area contributed by atoms with Crippen molar-refractivity contribution in [1.29, 1.82) is 0 Å². The van der Waals surface area contributed by atoms with E-state index in [4.69, 9.17) is 10.3 Å². The number of halogens is 1. The molecule has 0 amide bonds. The highest BCUT2D eigenvalue weighted by molar-refractivity contribution is 9.08. The van der Waals surface area contributed by atoms with Crippen molar-refractivity contribution in [2.45, 2.75) is 10.9 Å². The van der Waals surface area contributed by atoms with E-state index in [9.17, 15) is 0 Å². The lowest BCUT2D eigenvalue weighted by molar-refractivity contribution is 0.396. The summed E-state index contributed by atoms with van der Waals surface area (Å²) in [5, 5.41) is 15.3. The van der Waals surface area contributed by atoms with Crippen LogP contribution in [0.1, 0.15) is 21.6 Å². The smallest absolute Gasteiger partial charge is 0.144 e. The summed E-state index contributed by atoms with van der Waals surface area (Å²) in [7, 11) is 0. The molecule has 0 spiro atoms. The molecule has 6 rings (SSSR count). The van der Waals surface area contributed by atoms with Crippen LogP contribution in [0.3, 0.4) is 0 Å². The van der Waals surface area contributed by atoms with Gasteiger partial charge in [-0.25, -0.2) is 0 Å². The molecule has 4 aromatic carbocycles. The molecule has 0 atom stereocenters. The summed E-state index contributed by atoms with van der Waals surface area (Å²) in [6.45, 7) is 0. The molecule has 37 heavy (non-hydrogen) atoms. The Morgan fingerprint density at radius 1 is 0.622 bits per heavy atom. The molecule has 4 nitrogen and oxygen atoms in total. The van der Waals surface area contributed by atoms with Gasteiger partial charge in [0.2, 0.25) is 5.82 Å². The summed E-state index contributed by atoms with van der Waals surface area (Å²) < 4.78 is 0. The fraction of sp³-hybridized carbons (Fsp3) is 0.0645. The number of hydrogen-bond donors (Lipinski definition) is 0. The van der Waals surface area contributed by atoms with Crippen molar-refractivity contribution in [2.75, 3.05) is 0 Å². The Kier molecular flexibility index (Phi) is 6.51. The summed E-state index contributed by atoms with van der Waals surface area (Å²) in [5.74, 6) is 0.594. The van der Waals surface area contributed by atoms with Crippen molar-refractivity contribution in [3.8, 4) is 21.8 Å². The van der Waals surface area contributed by atoms with Gasteiger partial charge < -0.3 is 0 Å². The Morgan fingerprint density at radius 2 is 1.14 bits per heavy atom. The third-order valence-corrected chi connectivity index (χ3v) is 8.61. The first-order valence-electron chi connectivity index (χ1n) is 12.0. The quantitative estimate of drug-likeness (QED) is 0.147. The molecule has 0 bridgehead atoms. The van der Waals surface area contributed by atoms with Crippen LogP contribution in [0.4, 0.5) is 0 Å². The average molecular weight is 564 g/mol. The maximum Gasteiger partial charge on any atom is 0.205 e. The van der Waals surface area contributed by atoms with Crippen molar-refractivity contribution >= 4 is 27.3 Å². The number of tetrazole rings is 1. The summed E-state index contributed by atoms with van der Waals surface area (Å²) >= 11 is 5.34. The summed E-state index contributed by atoms with van der Waals surface area (Å²) in [4.78, 5) is 4.23. The summed E-state index contributed by atoms with van der Waals surface area (Å²) in [6, 6.07) is 43.8. The van der Waals surface area contributed by atoms with Crippen LogP contribution in [-0.2, 0) is 10.9 Å². The van der Waals surface area contributed by atoms with Crippen molar-refractivity contribution in [2.24, 2.45) is 0 Å². The first kappa shape index (κ1) is 23.5. The first-order chi connectivity index (χ1) is 18.3. The topological polar surface area (TPSA) is 43.6 Å². The predicted molar refractivity (Wildman–Crippen MR) is 154 cm³/mol. The van der Waals surface area contributed by atoms with Gasteiger partial charge in [-0.15, -0.1) is 26.3 Å². The van der Waals surface area contributed by atoms with E-state index in [0.29, 0.717) is 5.82 Å². The van der Waals surface area contributed by atoms with Gasteiger partial charge in [0.05, 0.1) is 0 Å². The first-order valence-corrected chi connectivity index (χ1v) is 14.0. The van der Waals surface area contributed by atoms with Crippen molar-refractivity contribution in [1.82, 2.24) is 20.2 Å². The monoisotopic (exact) mass is 562 g/mol. The summed E-state index contributed by atoms with van der Waals surface area (Å²) in [5.41, 5.74) is 4.44. The van der Waals surface area contributed by atoms with Gasteiger partial charge in [0, 0.05) is 26.2 Å². The van der Waals surface area contributed by atoms with E-state index in [2.05, 4.69) is 124 Å². The lowest BCUT2D eigenvalue weighted by Gasteiger charge is -2.34. The Morgan fingerprint density at radius 3 is 1.65 bits per heavy atom. The standard InChI is InChI=1S/C31H23BrN4S/c32-22-26-20-21-29(37-26)27-18-10-11-19-28(27)30-33-35-36(34-30)31(23-12-4-1-5-13-23,24-14-6-2-7-15-24)25-16-8-3-9-17-25/h1-21H,22H2. The fourth-order valence-corrected chi connectivity index (χ4v) is 6.26. The van der Waals surface area contributed by atoms with Gasteiger partial charge in [0.15, 0.2) is 5.54 Å². The van der Waals surface area contributed by atoms with Crippen LogP contribution in [0.5, 0.6) is 0 Å². The van der Waals surface area contributed by atoms with Crippen LogP contribution < -0.4 is 0 Å². The van der Waals surface area contributed by atoms with Crippen LogP contribution >= 0.6 is 27.3 Å². The van der Waals surface area contributed by atoms with Crippen LogP contribution in [0.25, 0.3) is 21.8 Å². The van der Waals surface area contributed by atoms with E-state index in [-0.39, 0.29) is 0 Å². The Hall–Kier alpha value is -3.87. The molecule has 0 fully saturated rings. The number of alkyl halides is 1. The average Bonchev–Trinajstić information content (AvgIpc) is 3.66. The molecule has 0 saturated heterocycles. The van der Waals surface area contributed by atoms with Gasteiger partial charge in [0.1, 0.15) is 0 Å². The van der Waals surface area contributed by atoms with Crippen LogP contribution in [0.15, 0.2) is 127 Å². The Balaban J connectivity index is 1.58. The lowest BCUT2D eigenvalue weighted by Crippen LogP contribution is -2.39. The molecule has 0 aliphatic carbocycles.